The Morgan fingerprint density at radius 2 is 2.17 bits per heavy atom. The summed E-state index contributed by atoms with van der Waals surface area (Å²) in [5.41, 5.74) is 0.985. The number of aromatic hydroxyl groups is 1. The lowest BCUT2D eigenvalue weighted by Gasteiger charge is -2.24. The second-order valence-corrected chi connectivity index (χ2v) is 5.51. The molecule has 1 saturated heterocycles. The standard InChI is InChI=1S/C16H22N2O5/c1-10-3-4-12(7-14(10)19)16(21)18-11(2)15(20)17-8-13-9-22-5-6-23-13/h3-4,7,11,13,19H,5-6,8-9H2,1-2H3,(H,17,20)(H,18,21)/t11?,13-/m0/s1. The van der Waals surface area contributed by atoms with Crippen LogP contribution in [0.4, 0.5) is 0 Å². The third-order valence-electron chi connectivity index (χ3n) is 3.60. The molecule has 2 atom stereocenters. The number of phenols is 1. The van der Waals surface area contributed by atoms with Crippen LogP contribution in [0.2, 0.25) is 0 Å². The molecule has 1 heterocycles. The Kier molecular flexibility index (Phi) is 5.95. The molecule has 0 radical (unpaired) electrons. The van der Waals surface area contributed by atoms with Crippen molar-refractivity contribution < 1.29 is 24.2 Å². The summed E-state index contributed by atoms with van der Waals surface area (Å²) in [4.78, 5) is 24.1. The molecule has 1 aromatic carbocycles. The minimum absolute atomic E-state index is 0.0456. The summed E-state index contributed by atoms with van der Waals surface area (Å²) < 4.78 is 10.7. The zero-order valence-electron chi connectivity index (χ0n) is 13.3. The second-order valence-electron chi connectivity index (χ2n) is 5.51. The van der Waals surface area contributed by atoms with Crippen LogP contribution in [0.15, 0.2) is 18.2 Å². The largest absolute Gasteiger partial charge is 0.508 e. The highest BCUT2D eigenvalue weighted by atomic mass is 16.6. The van der Waals surface area contributed by atoms with Crippen LogP contribution in [0, 0.1) is 6.92 Å². The number of hydrogen-bond acceptors (Lipinski definition) is 5. The van der Waals surface area contributed by atoms with Crippen molar-refractivity contribution in [2.24, 2.45) is 0 Å². The van der Waals surface area contributed by atoms with Gasteiger partial charge < -0.3 is 25.2 Å². The Balaban J connectivity index is 1.82. The predicted molar refractivity (Wildman–Crippen MR) is 83.3 cm³/mol. The maximum absolute atomic E-state index is 12.1. The van der Waals surface area contributed by atoms with E-state index in [1.54, 1.807) is 26.0 Å². The van der Waals surface area contributed by atoms with Gasteiger partial charge in [0, 0.05) is 12.1 Å². The van der Waals surface area contributed by atoms with Crippen LogP contribution in [-0.4, -0.2) is 55.4 Å². The Morgan fingerprint density at radius 3 is 2.83 bits per heavy atom. The van der Waals surface area contributed by atoms with E-state index in [9.17, 15) is 14.7 Å². The molecule has 2 amide bonds. The summed E-state index contributed by atoms with van der Waals surface area (Å²) in [5.74, 6) is -0.673. The Hall–Kier alpha value is -2.12. The Bertz CT molecular complexity index is 570. The van der Waals surface area contributed by atoms with Gasteiger partial charge in [-0.2, -0.15) is 0 Å². The number of nitrogens with one attached hydrogen (secondary N) is 2. The molecule has 2 rings (SSSR count). The topological polar surface area (TPSA) is 96.9 Å². The van der Waals surface area contributed by atoms with Gasteiger partial charge in [-0.1, -0.05) is 6.07 Å². The van der Waals surface area contributed by atoms with Crippen molar-refractivity contribution >= 4 is 11.8 Å². The van der Waals surface area contributed by atoms with E-state index < -0.39 is 11.9 Å². The van der Waals surface area contributed by atoms with Crippen molar-refractivity contribution in [3.05, 3.63) is 29.3 Å². The van der Waals surface area contributed by atoms with Crippen LogP contribution in [0.5, 0.6) is 5.75 Å². The molecule has 0 spiro atoms. The number of phenolic OH excluding ortho intramolecular Hbond substituents is 1. The van der Waals surface area contributed by atoms with E-state index in [1.165, 1.54) is 6.07 Å². The Morgan fingerprint density at radius 1 is 1.39 bits per heavy atom. The average molecular weight is 322 g/mol. The first-order valence-electron chi connectivity index (χ1n) is 7.55. The molecule has 0 saturated carbocycles. The highest BCUT2D eigenvalue weighted by Gasteiger charge is 2.20. The lowest BCUT2D eigenvalue weighted by Crippen LogP contribution is -2.48. The van der Waals surface area contributed by atoms with Gasteiger partial charge in [0.1, 0.15) is 11.8 Å². The van der Waals surface area contributed by atoms with E-state index in [0.717, 1.165) is 0 Å². The van der Waals surface area contributed by atoms with E-state index in [-0.39, 0.29) is 17.8 Å². The van der Waals surface area contributed by atoms with Crippen molar-refractivity contribution in [3.8, 4) is 5.75 Å². The molecule has 1 aliphatic rings. The number of carbonyl (C=O) groups excluding carboxylic acids is 2. The van der Waals surface area contributed by atoms with Gasteiger partial charge >= 0.3 is 0 Å². The fourth-order valence-corrected chi connectivity index (χ4v) is 2.12. The molecule has 126 valence electrons. The van der Waals surface area contributed by atoms with Crippen molar-refractivity contribution in [3.63, 3.8) is 0 Å². The summed E-state index contributed by atoms with van der Waals surface area (Å²) in [7, 11) is 0. The molecule has 0 aliphatic carbocycles. The SMILES string of the molecule is Cc1ccc(C(=O)NC(C)C(=O)NC[C@H]2COCCO2)cc1O. The maximum atomic E-state index is 12.1. The van der Waals surface area contributed by atoms with Crippen LogP contribution >= 0.6 is 0 Å². The highest BCUT2D eigenvalue weighted by Crippen LogP contribution is 2.17. The van der Waals surface area contributed by atoms with Gasteiger partial charge in [0.05, 0.1) is 25.9 Å². The van der Waals surface area contributed by atoms with Gasteiger partial charge in [-0.15, -0.1) is 0 Å². The molecule has 0 aromatic heterocycles. The first kappa shape index (κ1) is 17.2. The van der Waals surface area contributed by atoms with Crippen LogP contribution < -0.4 is 10.6 Å². The third-order valence-corrected chi connectivity index (χ3v) is 3.60. The number of amides is 2. The molecule has 7 heteroatoms. The molecule has 1 unspecified atom stereocenters. The summed E-state index contributed by atoms with van der Waals surface area (Å²) in [6.45, 7) is 5.21. The molecule has 23 heavy (non-hydrogen) atoms. The first-order valence-corrected chi connectivity index (χ1v) is 7.55. The lowest BCUT2D eigenvalue weighted by molar-refractivity contribution is -0.125. The van der Waals surface area contributed by atoms with Gasteiger partial charge in [0.2, 0.25) is 5.91 Å². The third kappa shape index (κ3) is 4.94. The minimum Gasteiger partial charge on any atom is -0.508 e. The monoisotopic (exact) mass is 322 g/mol. The second kappa shape index (κ2) is 7.94. The van der Waals surface area contributed by atoms with Gasteiger partial charge in [-0.05, 0) is 31.5 Å². The van der Waals surface area contributed by atoms with Crippen LogP contribution in [-0.2, 0) is 14.3 Å². The van der Waals surface area contributed by atoms with E-state index in [0.29, 0.717) is 37.5 Å². The van der Waals surface area contributed by atoms with E-state index in [1.807, 2.05) is 0 Å². The van der Waals surface area contributed by atoms with Crippen LogP contribution in [0.1, 0.15) is 22.8 Å². The molecule has 1 aliphatic heterocycles. The molecular weight excluding hydrogens is 300 g/mol. The summed E-state index contributed by atoms with van der Waals surface area (Å²) in [6.07, 6.45) is -0.162. The molecule has 0 bridgehead atoms. The van der Waals surface area contributed by atoms with E-state index >= 15 is 0 Å². The van der Waals surface area contributed by atoms with Crippen LogP contribution in [0.25, 0.3) is 0 Å². The minimum atomic E-state index is -0.699. The molecule has 1 aromatic rings. The van der Waals surface area contributed by atoms with E-state index in [2.05, 4.69) is 10.6 Å². The van der Waals surface area contributed by atoms with Crippen molar-refractivity contribution in [1.82, 2.24) is 10.6 Å². The molecule has 3 N–H and O–H groups in total. The smallest absolute Gasteiger partial charge is 0.252 e. The summed E-state index contributed by atoms with van der Waals surface area (Å²) in [6, 6.07) is 3.93. The highest BCUT2D eigenvalue weighted by molar-refractivity contribution is 5.97. The number of hydrogen-bond donors (Lipinski definition) is 3. The number of benzene rings is 1. The number of ether oxygens (including phenoxy) is 2. The maximum Gasteiger partial charge on any atom is 0.252 e. The molecular formula is C16H22N2O5. The summed E-state index contributed by atoms with van der Waals surface area (Å²) in [5, 5.41) is 15.0. The van der Waals surface area contributed by atoms with Gasteiger partial charge in [0.25, 0.3) is 5.91 Å². The number of carbonyl (C=O) groups is 2. The average Bonchev–Trinajstić information content (AvgIpc) is 2.55. The normalized spacial score (nSPS) is 19.0. The summed E-state index contributed by atoms with van der Waals surface area (Å²) >= 11 is 0. The van der Waals surface area contributed by atoms with E-state index in [4.69, 9.17) is 9.47 Å². The van der Waals surface area contributed by atoms with Crippen LogP contribution in [0.3, 0.4) is 0 Å². The van der Waals surface area contributed by atoms with Gasteiger partial charge in [0.15, 0.2) is 0 Å². The number of rotatable bonds is 5. The zero-order chi connectivity index (χ0) is 16.8. The fraction of sp³-hybridized carbons (Fsp3) is 0.500. The Labute approximate surface area is 135 Å². The predicted octanol–water partition coefficient (Wildman–Crippen LogP) is 0.351. The molecule has 1 fully saturated rings. The lowest BCUT2D eigenvalue weighted by atomic mass is 10.1. The fourth-order valence-electron chi connectivity index (χ4n) is 2.12. The van der Waals surface area contributed by atoms with Crippen molar-refractivity contribution in [2.45, 2.75) is 26.0 Å². The zero-order valence-corrected chi connectivity index (χ0v) is 13.3. The van der Waals surface area contributed by atoms with Gasteiger partial charge in [-0.25, -0.2) is 0 Å². The van der Waals surface area contributed by atoms with Gasteiger partial charge in [-0.3, -0.25) is 9.59 Å². The van der Waals surface area contributed by atoms with Crippen molar-refractivity contribution in [2.75, 3.05) is 26.4 Å². The van der Waals surface area contributed by atoms with Crippen molar-refractivity contribution in [1.29, 1.82) is 0 Å². The quantitative estimate of drug-likeness (QED) is 0.727. The molecule has 7 nitrogen and oxygen atoms in total. The first-order chi connectivity index (χ1) is 11.0. The number of aryl methyl sites for hydroxylation is 1.